The Bertz CT molecular complexity index is 1700. The number of ether oxygens (including phenoxy) is 2. The van der Waals surface area contributed by atoms with E-state index in [0.717, 1.165) is 70.4 Å². The maximum absolute atomic E-state index is 14.0. The number of benzene rings is 1. The van der Waals surface area contributed by atoms with Crippen molar-refractivity contribution in [2.45, 2.75) is 152 Å². The average Bonchev–Trinajstić information content (AvgIpc) is 3.51. The van der Waals surface area contributed by atoms with Crippen LogP contribution < -0.4 is 10.2 Å². The monoisotopic (exact) mass is 787 g/mol. The van der Waals surface area contributed by atoms with Crippen molar-refractivity contribution in [3.8, 4) is 0 Å². The number of carbonyl (C=O) groups is 3. The Kier molecular flexibility index (Phi) is 11.3. The molecular weight excluding hydrogens is 713 g/mol. The van der Waals surface area contributed by atoms with Gasteiger partial charge in [-0.25, -0.2) is 0 Å². The van der Waals surface area contributed by atoms with E-state index in [-0.39, 0.29) is 57.9 Å². The van der Waals surface area contributed by atoms with E-state index in [4.69, 9.17) is 9.47 Å². The summed E-state index contributed by atoms with van der Waals surface area (Å²) < 4.78 is 11.8. The van der Waals surface area contributed by atoms with Crippen LogP contribution in [0.25, 0.3) is 0 Å². The highest BCUT2D eigenvalue weighted by Crippen LogP contribution is 2.78. The van der Waals surface area contributed by atoms with Crippen LogP contribution in [0, 0.1) is 62.1 Å². The number of aliphatic carboxylic acids is 1. The third-order valence-electron chi connectivity index (χ3n) is 18.0. The Balaban J connectivity index is 1.05. The van der Waals surface area contributed by atoms with Gasteiger partial charge in [-0.2, -0.15) is 0 Å². The van der Waals surface area contributed by atoms with Crippen LogP contribution >= 0.6 is 0 Å². The molecule has 316 valence electrons. The first kappa shape index (κ1) is 42.3. The molecular formula is C49H74N2O6. The quantitative estimate of drug-likeness (QED) is 0.170. The number of carboxylic acid groups (broad SMARTS) is 1. The van der Waals surface area contributed by atoms with Gasteiger partial charge < -0.3 is 24.8 Å². The minimum atomic E-state index is -0.884. The largest absolute Gasteiger partial charge is 0.481 e. The van der Waals surface area contributed by atoms with Crippen LogP contribution in [0.1, 0.15) is 144 Å². The lowest BCUT2D eigenvalue weighted by Gasteiger charge is -2.73. The molecule has 0 aromatic heterocycles. The summed E-state index contributed by atoms with van der Waals surface area (Å²) in [7, 11) is 0. The smallest absolute Gasteiger partial charge is 0.306 e. The van der Waals surface area contributed by atoms with Gasteiger partial charge >= 0.3 is 11.9 Å². The van der Waals surface area contributed by atoms with Crippen molar-refractivity contribution in [1.82, 2.24) is 5.32 Å². The van der Waals surface area contributed by atoms with Gasteiger partial charge in [0.15, 0.2) is 0 Å². The molecule has 1 saturated heterocycles. The van der Waals surface area contributed by atoms with Crippen LogP contribution in [0.4, 0.5) is 5.69 Å². The second-order valence-electron chi connectivity index (χ2n) is 22.0. The number of morpholine rings is 1. The van der Waals surface area contributed by atoms with Crippen molar-refractivity contribution in [1.29, 1.82) is 0 Å². The number of allylic oxidation sites excluding steroid dienone is 1. The van der Waals surface area contributed by atoms with E-state index in [1.165, 1.54) is 36.9 Å². The molecule has 57 heavy (non-hydrogen) atoms. The highest BCUT2D eigenvalue weighted by Gasteiger charge is 2.71. The molecule has 1 amide bonds. The van der Waals surface area contributed by atoms with Crippen LogP contribution in [0.3, 0.4) is 0 Å². The lowest BCUT2D eigenvalue weighted by atomic mass is 9.32. The Morgan fingerprint density at radius 1 is 0.877 bits per heavy atom. The summed E-state index contributed by atoms with van der Waals surface area (Å²) in [4.78, 5) is 41.1. The Morgan fingerprint density at radius 2 is 1.58 bits per heavy atom. The molecule has 7 rings (SSSR count). The molecule has 1 heterocycles. The highest BCUT2D eigenvalue weighted by molar-refractivity contribution is 5.77. The van der Waals surface area contributed by atoms with Crippen molar-refractivity contribution in [2.75, 3.05) is 31.2 Å². The zero-order valence-electron chi connectivity index (χ0n) is 36.6. The molecule has 1 unspecified atom stereocenters. The summed E-state index contributed by atoms with van der Waals surface area (Å²) >= 11 is 0. The zero-order valence-corrected chi connectivity index (χ0v) is 36.6. The van der Waals surface area contributed by atoms with Gasteiger partial charge in [-0.15, -0.1) is 0 Å². The number of rotatable bonds is 11. The fourth-order valence-electron chi connectivity index (χ4n) is 15.1. The van der Waals surface area contributed by atoms with Crippen molar-refractivity contribution >= 4 is 23.5 Å². The van der Waals surface area contributed by atoms with Gasteiger partial charge in [0.2, 0.25) is 5.91 Å². The minimum Gasteiger partial charge on any atom is -0.481 e. The molecule has 10 atom stereocenters. The van der Waals surface area contributed by atoms with E-state index >= 15 is 0 Å². The molecule has 1 aromatic carbocycles. The maximum Gasteiger partial charge on any atom is 0.306 e. The number of hydrogen-bond acceptors (Lipinski definition) is 6. The summed E-state index contributed by atoms with van der Waals surface area (Å²) in [6, 6.07) is 8.67. The van der Waals surface area contributed by atoms with Gasteiger partial charge in [0, 0.05) is 37.2 Å². The second kappa shape index (κ2) is 15.3. The third kappa shape index (κ3) is 7.50. The number of amides is 1. The van der Waals surface area contributed by atoms with Crippen LogP contribution in [-0.4, -0.2) is 55.4 Å². The number of esters is 1. The highest BCUT2D eigenvalue weighted by atomic mass is 16.5. The minimum absolute atomic E-state index is 0.0192. The molecule has 8 heteroatoms. The van der Waals surface area contributed by atoms with E-state index < -0.39 is 11.4 Å². The number of fused-ring (bicyclic) bond motifs is 7. The van der Waals surface area contributed by atoms with Crippen LogP contribution in [0.5, 0.6) is 0 Å². The van der Waals surface area contributed by atoms with E-state index in [9.17, 15) is 19.5 Å². The van der Waals surface area contributed by atoms with Gasteiger partial charge in [-0.05, 0) is 145 Å². The van der Waals surface area contributed by atoms with E-state index in [0.29, 0.717) is 42.6 Å². The number of nitrogens with one attached hydrogen (secondary N) is 1. The van der Waals surface area contributed by atoms with E-state index in [1.807, 2.05) is 13.8 Å². The number of nitrogens with zero attached hydrogens (tertiary/aromatic N) is 1. The zero-order chi connectivity index (χ0) is 41.2. The van der Waals surface area contributed by atoms with Crippen molar-refractivity contribution < 1.29 is 29.0 Å². The first-order valence-electron chi connectivity index (χ1n) is 22.5. The number of carboxylic acids is 1. The average molecular weight is 787 g/mol. The predicted octanol–water partition coefficient (Wildman–Crippen LogP) is 9.99. The summed E-state index contributed by atoms with van der Waals surface area (Å²) in [5.41, 5.74) is 3.38. The summed E-state index contributed by atoms with van der Waals surface area (Å²) in [5, 5.41) is 12.7. The van der Waals surface area contributed by atoms with E-state index in [1.54, 1.807) is 0 Å². The molecule has 2 N–H and O–H groups in total. The van der Waals surface area contributed by atoms with Crippen molar-refractivity contribution in [3.05, 3.63) is 42.0 Å². The van der Waals surface area contributed by atoms with Crippen LogP contribution in [0.2, 0.25) is 0 Å². The molecule has 6 aliphatic rings. The lowest BCUT2D eigenvalue weighted by Crippen LogP contribution is -2.67. The number of hydrogen-bond donors (Lipinski definition) is 2. The maximum atomic E-state index is 14.0. The molecule has 5 saturated carbocycles. The third-order valence-corrected chi connectivity index (χ3v) is 18.0. The van der Waals surface area contributed by atoms with Gasteiger partial charge in [0.25, 0.3) is 0 Å². The SMILES string of the molecule is C=C(C)C1CC[C@]2(CC(=O)NCc3ccc(N4CCOCC4)cc3)CC[C@]3(C)[C@H](CC[C@@H]4[C@@]5(C)CC[C@H](OC(=O)CC(C)(C)CC(=O)O)C(C)(C)[C@@H]5CC[C@]43C)[C@@H]12. The van der Waals surface area contributed by atoms with Crippen molar-refractivity contribution in [2.24, 2.45) is 62.1 Å². The Hall–Kier alpha value is -2.87. The first-order chi connectivity index (χ1) is 26.7. The topological polar surface area (TPSA) is 105 Å². The summed E-state index contributed by atoms with van der Waals surface area (Å²) in [5.74, 6) is 1.59. The van der Waals surface area contributed by atoms with Gasteiger partial charge in [-0.1, -0.05) is 72.8 Å². The normalized spacial score (nSPS) is 38.5. The predicted molar refractivity (Wildman–Crippen MR) is 225 cm³/mol. The Morgan fingerprint density at radius 3 is 2.25 bits per heavy atom. The molecule has 0 bridgehead atoms. The Labute approximate surface area is 343 Å². The molecule has 5 aliphatic carbocycles. The fraction of sp³-hybridized carbons (Fsp3) is 0.776. The van der Waals surface area contributed by atoms with Gasteiger partial charge in [0.05, 0.1) is 26.1 Å². The molecule has 6 fully saturated rings. The van der Waals surface area contributed by atoms with Crippen molar-refractivity contribution in [3.63, 3.8) is 0 Å². The van der Waals surface area contributed by atoms with Crippen LogP contribution in [0.15, 0.2) is 36.4 Å². The molecule has 1 aromatic rings. The molecule has 1 aliphatic heterocycles. The standard InChI is InChI=1S/C49H74N2O6/c1-32(2)35-16-21-49(28-40(52)50-31-33-10-12-34(13-11-33)51-24-26-56-27-25-51)23-22-47(8)36(43(35)49)14-15-38-46(7)19-18-39(45(5,6)37(46)17-20-48(38,47)9)57-42(55)30-44(3,4)29-41(53)54/h10-13,35-39,43H,1,14-31H2,2-9H3,(H,50,52)(H,53,54)/t35?,36-,37+,38-,39+,43-,46+,47-,48-,49-/m1/s1. The molecule has 0 spiro atoms. The lowest BCUT2D eigenvalue weighted by molar-refractivity contribution is -0.250. The molecule has 8 nitrogen and oxygen atoms in total. The fourth-order valence-corrected chi connectivity index (χ4v) is 15.1. The van der Waals surface area contributed by atoms with E-state index in [2.05, 4.69) is 82.6 Å². The molecule has 0 radical (unpaired) electrons. The number of anilines is 1. The number of carbonyl (C=O) groups excluding carboxylic acids is 2. The summed E-state index contributed by atoms with van der Waals surface area (Å²) in [6.07, 6.45) is 11.7. The van der Waals surface area contributed by atoms with Gasteiger partial charge in [-0.3, -0.25) is 14.4 Å². The second-order valence-corrected chi connectivity index (χ2v) is 22.0. The first-order valence-corrected chi connectivity index (χ1v) is 22.5. The van der Waals surface area contributed by atoms with Gasteiger partial charge in [0.1, 0.15) is 6.10 Å². The van der Waals surface area contributed by atoms with Crippen LogP contribution in [-0.2, 0) is 30.4 Å². The summed E-state index contributed by atoms with van der Waals surface area (Å²) in [6.45, 7) is 27.0.